The lowest BCUT2D eigenvalue weighted by molar-refractivity contribution is 0.0986. The Morgan fingerprint density at radius 1 is 1.00 bits per heavy atom. The maximum atomic E-state index is 10.2. The molecular weight excluding hydrogens is 342 g/mol. The molecule has 0 saturated heterocycles. The third-order valence-corrected chi connectivity index (χ3v) is 4.33. The number of hydrogen-bond donors (Lipinski definition) is 3. The van der Waals surface area contributed by atoms with Crippen molar-refractivity contribution in [2.45, 2.75) is 38.4 Å². The first kappa shape index (κ1) is 21.2. The monoisotopic (exact) mass is 373 g/mol. The first-order valence-corrected chi connectivity index (χ1v) is 9.24. The van der Waals surface area contributed by atoms with Gasteiger partial charge < -0.3 is 25.0 Å². The molecule has 0 aliphatic rings. The molecule has 5 heteroatoms. The van der Waals surface area contributed by atoms with Crippen LogP contribution in [0.1, 0.15) is 38.0 Å². The van der Waals surface area contributed by atoms with Gasteiger partial charge in [0.1, 0.15) is 24.2 Å². The van der Waals surface area contributed by atoms with Crippen LogP contribution in [0, 0.1) is 0 Å². The molecule has 0 aliphatic heterocycles. The Morgan fingerprint density at radius 3 is 2.33 bits per heavy atom. The molecular formula is C22H31NO4. The van der Waals surface area contributed by atoms with Crippen LogP contribution in [0.3, 0.4) is 0 Å². The van der Waals surface area contributed by atoms with Crippen LogP contribution >= 0.6 is 0 Å². The van der Waals surface area contributed by atoms with Crippen molar-refractivity contribution in [3.8, 4) is 11.5 Å². The third-order valence-electron chi connectivity index (χ3n) is 4.33. The van der Waals surface area contributed by atoms with Crippen LogP contribution in [0.2, 0.25) is 0 Å². The van der Waals surface area contributed by atoms with Gasteiger partial charge in [0.25, 0.3) is 0 Å². The topological polar surface area (TPSA) is 71.0 Å². The molecule has 27 heavy (non-hydrogen) atoms. The fourth-order valence-electron chi connectivity index (χ4n) is 2.77. The van der Waals surface area contributed by atoms with Gasteiger partial charge in [-0.15, -0.1) is 0 Å². The van der Waals surface area contributed by atoms with E-state index in [1.807, 2.05) is 48.5 Å². The molecule has 0 heterocycles. The minimum atomic E-state index is -0.678. The van der Waals surface area contributed by atoms with Gasteiger partial charge in [0, 0.05) is 18.7 Å². The molecule has 148 valence electrons. The molecule has 0 unspecified atom stereocenters. The SMILES string of the molecule is COc1ccc(OC[C@H](O)CNC[C@H](O)c2ccccc2)c(C(C)(C)C)c1. The van der Waals surface area contributed by atoms with E-state index in [2.05, 4.69) is 26.1 Å². The summed E-state index contributed by atoms with van der Waals surface area (Å²) < 4.78 is 11.2. The molecule has 2 atom stereocenters. The quantitative estimate of drug-likeness (QED) is 0.630. The van der Waals surface area contributed by atoms with Crippen LogP contribution in [0.15, 0.2) is 48.5 Å². The number of benzene rings is 2. The van der Waals surface area contributed by atoms with Crippen molar-refractivity contribution in [1.82, 2.24) is 5.32 Å². The number of methoxy groups -OCH3 is 1. The Hall–Kier alpha value is -2.08. The van der Waals surface area contributed by atoms with Crippen LogP contribution < -0.4 is 14.8 Å². The number of aliphatic hydroxyl groups excluding tert-OH is 2. The number of nitrogens with one attached hydrogen (secondary N) is 1. The van der Waals surface area contributed by atoms with Gasteiger partial charge in [0.05, 0.1) is 13.2 Å². The third kappa shape index (κ3) is 6.54. The zero-order valence-corrected chi connectivity index (χ0v) is 16.6. The Bertz CT molecular complexity index is 697. The highest BCUT2D eigenvalue weighted by molar-refractivity contribution is 5.44. The molecule has 0 aromatic heterocycles. The molecule has 0 bridgehead atoms. The molecule has 0 aliphatic carbocycles. The fraction of sp³-hybridized carbons (Fsp3) is 0.455. The summed E-state index contributed by atoms with van der Waals surface area (Å²) in [5.41, 5.74) is 1.78. The first-order valence-electron chi connectivity index (χ1n) is 9.24. The van der Waals surface area contributed by atoms with Crippen molar-refractivity contribution in [2.24, 2.45) is 0 Å². The Kier molecular flexibility index (Phi) is 7.66. The van der Waals surface area contributed by atoms with E-state index in [0.717, 1.165) is 22.6 Å². The smallest absolute Gasteiger partial charge is 0.123 e. The zero-order valence-electron chi connectivity index (χ0n) is 16.6. The fourth-order valence-corrected chi connectivity index (χ4v) is 2.77. The van der Waals surface area contributed by atoms with Gasteiger partial charge in [-0.3, -0.25) is 0 Å². The van der Waals surface area contributed by atoms with Crippen LogP contribution in [-0.2, 0) is 5.41 Å². The lowest BCUT2D eigenvalue weighted by Crippen LogP contribution is -2.34. The summed E-state index contributed by atoms with van der Waals surface area (Å²) in [6.45, 7) is 7.21. The Balaban J connectivity index is 1.84. The van der Waals surface area contributed by atoms with Gasteiger partial charge in [-0.2, -0.15) is 0 Å². The predicted molar refractivity (Wildman–Crippen MR) is 107 cm³/mol. The second-order valence-electron chi connectivity index (χ2n) is 7.66. The lowest BCUT2D eigenvalue weighted by atomic mass is 9.86. The standard InChI is InChI=1S/C22H31NO4/c1-22(2,3)19-12-18(26-4)10-11-21(19)27-15-17(24)13-23-14-20(25)16-8-6-5-7-9-16/h5-12,17,20,23-25H,13-15H2,1-4H3/t17-,20+/m1/s1. The summed E-state index contributed by atoms with van der Waals surface area (Å²) in [4.78, 5) is 0. The van der Waals surface area contributed by atoms with E-state index < -0.39 is 12.2 Å². The molecule has 0 fully saturated rings. The molecule has 5 nitrogen and oxygen atoms in total. The number of ether oxygens (including phenoxy) is 2. The van der Waals surface area contributed by atoms with Crippen LogP contribution in [0.5, 0.6) is 11.5 Å². The first-order chi connectivity index (χ1) is 12.8. The average molecular weight is 373 g/mol. The van der Waals surface area contributed by atoms with Crippen molar-refractivity contribution in [3.05, 3.63) is 59.7 Å². The van der Waals surface area contributed by atoms with Crippen LogP contribution in [-0.4, -0.2) is 43.1 Å². The van der Waals surface area contributed by atoms with Gasteiger partial charge in [-0.05, 0) is 29.2 Å². The number of aliphatic hydroxyl groups is 2. The van der Waals surface area contributed by atoms with Crippen LogP contribution in [0.25, 0.3) is 0 Å². The lowest BCUT2D eigenvalue weighted by Gasteiger charge is -2.24. The van der Waals surface area contributed by atoms with Crippen molar-refractivity contribution in [3.63, 3.8) is 0 Å². The van der Waals surface area contributed by atoms with Crippen LogP contribution in [0.4, 0.5) is 0 Å². The molecule has 0 amide bonds. The zero-order chi connectivity index (χ0) is 19.9. The summed E-state index contributed by atoms with van der Waals surface area (Å²) in [6, 6.07) is 15.1. The van der Waals surface area contributed by atoms with E-state index in [1.54, 1.807) is 7.11 Å². The predicted octanol–water partition coefficient (Wildman–Crippen LogP) is 3.06. The van der Waals surface area contributed by atoms with E-state index in [-0.39, 0.29) is 12.0 Å². The number of rotatable bonds is 9. The van der Waals surface area contributed by atoms with Gasteiger partial charge in [0.15, 0.2) is 0 Å². The molecule has 2 rings (SSSR count). The second-order valence-corrected chi connectivity index (χ2v) is 7.66. The molecule has 2 aromatic rings. The molecule has 0 radical (unpaired) electrons. The van der Waals surface area contributed by atoms with E-state index in [0.29, 0.717) is 13.1 Å². The van der Waals surface area contributed by atoms with Crippen molar-refractivity contribution in [1.29, 1.82) is 0 Å². The minimum absolute atomic E-state index is 0.104. The Morgan fingerprint density at radius 2 is 1.70 bits per heavy atom. The molecule has 0 spiro atoms. The molecule has 2 aromatic carbocycles. The summed E-state index contributed by atoms with van der Waals surface area (Å²) in [5.74, 6) is 1.52. The van der Waals surface area contributed by atoms with E-state index in [1.165, 1.54) is 0 Å². The average Bonchev–Trinajstić information content (AvgIpc) is 2.66. The number of hydrogen-bond acceptors (Lipinski definition) is 5. The van der Waals surface area contributed by atoms with Crippen molar-refractivity contribution >= 4 is 0 Å². The van der Waals surface area contributed by atoms with E-state index in [9.17, 15) is 10.2 Å². The van der Waals surface area contributed by atoms with Gasteiger partial charge >= 0.3 is 0 Å². The highest BCUT2D eigenvalue weighted by atomic mass is 16.5. The summed E-state index contributed by atoms with van der Waals surface area (Å²) in [6.07, 6.45) is -1.28. The van der Waals surface area contributed by atoms with E-state index >= 15 is 0 Å². The van der Waals surface area contributed by atoms with Gasteiger partial charge in [0.2, 0.25) is 0 Å². The molecule has 3 N–H and O–H groups in total. The second kappa shape index (κ2) is 9.74. The largest absolute Gasteiger partial charge is 0.497 e. The summed E-state index contributed by atoms with van der Waals surface area (Å²) >= 11 is 0. The molecule has 0 saturated carbocycles. The van der Waals surface area contributed by atoms with Gasteiger partial charge in [-0.25, -0.2) is 0 Å². The van der Waals surface area contributed by atoms with Crippen molar-refractivity contribution in [2.75, 3.05) is 26.8 Å². The minimum Gasteiger partial charge on any atom is -0.497 e. The Labute approximate surface area is 162 Å². The highest BCUT2D eigenvalue weighted by Crippen LogP contribution is 2.34. The normalized spacial score (nSPS) is 13.9. The summed E-state index contributed by atoms with van der Waals surface area (Å²) in [7, 11) is 1.64. The maximum absolute atomic E-state index is 10.2. The van der Waals surface area contributed by atoms with Gasteiger partial charge in [-0.1, -0.05) is 51.1 Å². The highest BCUT2D eigenvalue weighted by Gasteiger charge is 2.20. The summed E-state index contributed by atoms with van der Waals surface area (Å²) in [5, 5.41) is 23.4. The maximum Gasteiger partial charge on any atom is 0.123 e. The van der Waals surface area contributed by atoms with Crippen molar-refractivity contribution < 1.29 is 19.7 Å². The van der Waals surface area contributed by atoms with E-state index in [4.69, 9.17) is 9.47 Å².